The molecule has 2 aromatic heterocycles. The third-order valence-electron chi connectivity index (χ3n) is 5.45. The summed E-state index contributed by atoms with van der Waals surface area (Å²) in [5.74, 6) is -0.0578. The first-order valence-corrected chi connectivity index (χ1v) is 11.1. The maximum Gasteiger partial charge on any atom is 0.263 e. The van der Waals surface area contributed by atoms with Crippen LogP contribution in [0.5, 0.6) is 0 Å². The lowest BCUT2D eigenvalue weighted by Crippen LogP contribution is -2.48. The van der Waals surface area contributed by atoms with Crippen molar-refractivity contribution in [2.45, 2.75) is 13.0 Å². The van der Waals surface area contributed by atoms with Crippen LogP contribution in [-0.4, -0.2) is 65.4 Å². The molecule has 1 atom stereocenters. The number of rotatable bonds is 6. The zero-order chi connectivity index (χ0) is 20.9. The molecule has 1 aromatic carbocycles. The summed E-state index contributed by atoms with van der Waals surface area (Å²) in [7, 11) is 2.17. The molecule has 1 N–H and O–H groups in total. The van der Waals surface area contributed by atoms with Crippen LogP contribution in [0.25, 0.3) is 10.7 Å². The van der Waals surface area contributed by atoms with E-state index in [0.717, 1.165) is 42.6 Å². The maximum absolute atomic E-state index is 12.8. The standard InChI is InChI=1S/C23H27N5OS/c1-17-21(30-23(26-17)19-10-6-7-11-24-19)22(29)25-12-13-28-15-14-27(2)16-20(28)18-8-4-3-5-9-18/h3-11,20H,12-16H2,1-2H3,(H,25,29)/t20-/m0/s1. The highest BCUT2D eigenvalue weighted by Crippen LogP contribution is 2.27. The number of benzene rings is 1. The summed E-state index contributed by atoms with van der Waals surface area (Å²) in [4.78, 5) is 27.1. The number of carbonyl (C=O) groups is 1. The number of carbonyl (C=O) groups excluding carboxylic acids is 1. The second-order valence-corrected chi connectivity index (χ2v) is 8.63. The Kier molecular flexibility index (Phi) is 6.52. The van der Waals surface area contributed by atoms with Crippen LogP contribution < -0.4 is 5.32 Å². The van der Waals surface area contributed by atoms with Crippen LogP contribution in [0.1, 0.15) is 27.0 Å². The first kappa shape index (κ1) is 20.7. The predicted molar refractivity (Wildman–Crippen MR) is 121 cm³/mol. The van der Waals surface area contributed by atoms with Crippen molar-refractivity contribution in [3.05, 3.63) is 70.9 Å². The van der Waals surface area contributed by atoms with Gasteiger partial charge in [0.2, 0.25) is 0 Å². The number of thiazole rings is 1. The van der Waals surface area contributed by atoms with E-state index in [1.165, 1.54) is 16.9 Å². The lowest BCUT2D eigenvalue weighted by molar-refractivity contribution is 0.0844. The summed E-state index contributed by atoms with van der Waals surface area (Å²) >= 11 is 1.40. The molecule has 0 saturated carbocycles. The van der Waals surface area contributed by atoms with Gasteiger partial charge in [-0.15, -0.1) is 11.3 Å². The molecule has 7 heteroatoms. The fourth-order valence-corrected chi connectivity index (χ4v) is 4.77. The van der Waals surface area contributed by atoms with Gasteiger partial charge in [-0.3, -0.25) is 14.7 Å². The minimum Gasteiger partial charge on any atom is -0.350 e. The Balaban J connectivity index is 1.38. The van der Waals surface area contributed by atoms with E-state index in [1.54, 1.807) is 6.20 Å². The van der Waals surface area contributed by atoms with Gasteiger partial charge < -0.3 is 10.2 Å². The Labute approximate surface area is 181 Å². The molecule has 1 saturated heterocycles. The molecule has 0 unspecified atom stereocenters. The van der Waals surface area contributed by atoms with Crippen LogP contribution in [-0.2, 0) is 0 Å². The van der Waals surface area contributed by atoms with Gasteiger partial charge in [0.15, 0.2) is 0 Å². The van der Waals surface area contributed by atoms with Gasteiger partial charge in [0.25, 0.3) is 5.91 Å². The molecule has 1 fully saturated rings. The summed E-state index contributed by atoms with van der Waals surface area (Å²) in [6.45, 7) is 6.35. The normalized spacial score (nSPS) is 17.7. The summed E-state index contributed by atoms with van der Waals surface area (Å²) in [5, 5.41) is 3.87. The summed E-state index contributed by atoms with van der Waals surface area (Å²) < 4.78 is 0. The fourth-order valence-electron chi connectivity index (χ4n) is 3.82. The minimum atomic E-state index is -0.0578. The molecular weight excluding hydrogens is 394 g/mol. The molecular formula is C23H27N5OS. The van der Waals surface area contributed by atoms with Crippen LogP contribution in [0.4, 0.5) is 0 Å². The molecule has 3 heterocycles. The Morgan fingerprint density at radius 1 is 1.17 bits per heavy atom. The molecule has 30 heavy (non-hydrogen) atoms. The molecule has 0 spiro atoms. The van der Waals surface area contributed by atoms with Crippen molar-refractivity contribution in [1.29, 1.82) is 0 Å². The van der Waals surface area contributed by atoms with Gasteiger partial charge >= 0.3 is 0 Å². The number of piperazine rings is 1. The summed E-state index contributed by atoms with van der Waals surface area (Å²) in [6, 6.07) is 16.7. The SMILES string of the molecule is Cc1nc(-c2ccccn2)sc1C(=O)NCCN1CCN(C)C[C@H]1c1ccccc1. The van der Waals surface area contributed by atoms with Crippen molar-refractivity contribution in [2.24, 2.45) is 0 Å². The van der Waals surface area contributed by atoms with E-state index >= 15 is 0 Å². The van der Waals surface area contributed by atoms with Crippen LogP contribution in [0.2, 0.25) is 0 Å². The lowest BCUT2D eigenvalue weighted by atomic mass is 10.0. The quantitative estimate of drug-likeness (QED) is 0.662. The predicted octanol–water partition coefficient (Wildman–Crippen LogP) is 3.23. The zero-order valence-electron chi connectivity index (χ0n) is 17.4. The van der Waals surface area contributed by atoms with E-state index in [0.29, 0.717) is 17.5 Å². The van der Waals surface area contributed by atoms with E-state index in [9.17, 15) is 4.79 Å². The molecule has 0 radical (unpaired) electrons. The van der Waals surface area contributed by atoms with Gasteiger partial charge in [-0.25, -0.2) is 4.98 Å². The average molecular weight is 422 g/mol. The van der Waals surface area contributed by atoms with Crippen LogP contribution in [0.15, 0.2) is 54.7 Å². The molecule has 1 aliphatic rings. The van der Waals surface area contributed by atoms with Crippen molar-refractivity contribution < 1.29 is 4.79 Å². The second kappa shape index (κ2) is 9.47. The maximum atomic E-state index is 12.8. The molecule has 1 amide bonds. The molecule has 6 nitrogen and oxygen atoms in total. The zero-order valence-corrected chi connectivity index (χ0v) is 18.2. The van der Waals surface area contributed by atoms with E-state index < -0.39 is 0 Å². The number of nitrogens with one attached hydrogen (secondary N) is 1. The second-order valence-electron chi connectivity index (χ2n) is 7.63. The lowest BCUT2D eigenvalue weighted by Gasteiger charge is -2.40. The van der Waals surface area contributed by atoms with E-state index in [-0.39, 0.29) is 5.91 Å². The van der Waals surface area contributed by atoms with Gasteiger partial charge in [-0.1, -0.05) is 36.4 Å². The number of nitrogens with zero attached hydrogens (tertiary/aromatic N) is 4. The molecule has 0 aliphatic carbocycles. The number of aromatic nitrogens is 2. The number of amides is 1. The number of hydrogen-bond donors (Lipinski definition) is 1. The Morgan fingerprint density at radius 3 is 2.73 bits per heavy atom. The number of pyridine rings is 1. The Hall–Kier alpha value is -2.61. The molecule has 0 bridgehead atoms. The molecule has 156 valence electrons. The molecule has 3 aromatic rings. The van der Waals surface area contributed by atoms with Crippen molar-refractivity contribution >= 4 is 17.2 Å². The number of hydrogen-bond acceptors (Lipinski definition) is 6. The highest BCUT2D eigenvalue weighted by molar-refractivity contribution is 7.17. The average Bonchev–Trinajstić information content (AvgIpc) is 3.17. The third-order valence-corrected chi connectivity index (χ3v) is 6.63. The largest absolute Gasteiger partial charge is 0.350 e. The first-order chi connectivity index (χ1) is 14.6. The van der Waals surface area contributed by atoms with Gasteiger partial charge in [0.1, 0.15) is 9.88 Å². The van der Waals surface area contributed by atoms with Crippen molar-refractivity contribution in [1.82, 2.24) is 25.1 Å². The van der Waals surface area contributed by atoms with Crippen molar-refractivity contribution in [2.75, 3.05) is 39.8 Å². The Morgan fingerprint density at radius 2 is 1.97 bits per heavy atom. The van der Waals surface area contributed by atoms with E-state index in [4.69, 9.17) is 0 Å². The monoisotopic (exact) mass is 421 g/mol. The third kappa shape index (κ3) is 4.75. The van der Waals surface area contributed by atoms with Crippen molar-refractivity contribution in [3.8, 4) is 10.7 Å². The van der Waals surface area contributed by atoms with Crippen LogP contribution in [0.3, 0.4) is 0 Å². The summed E-state index contributed by atoms with van der Waals surface area (Å²) in [6.07, 6.45) is 1.74. The highest BCUT2D eigenvalue weighted by atomic mass is 32.1. The van der Waals surface area contributed by atoms with E-state index in [1.807, 2.05) is 25.1 Å². The fraction of sp³-hybridized carbons (Fsp3) is 0.348. The van der Waals surface area contributed by atoms with Crippen LogP contribution in [0, 0.1) is 6.92 Å². The number of aryl methyl sites for hydroxylation is 1. The molecule has 4 rings (SSSR count). The van der Waals surface area contributed by atoms with Gasteiger partial charge in [0.05, 0.1) is 11.4 Å². The highest BCUT2D eigenvalue weighted by Gasteiger charge is 2.26. The first-order valence-electron chi connectivity index (χ1n) is 10.3. The van der Waals surface area contributed by atoms with Gasteiger partial charge in [-0.2, -0.15) is 0 Å². The smallest absolute Gasteiger partial charge is 0.263 e. The minimum absolute atomic E-state index is 0.0578. The summed E-state index contributed by atoms with van der Waals surface area (Å²) in [5.41, 5.74) is 2.88. The van der Waals surface area contributed by atoms with Gasteiger partial charge in [-0.05, 0) is 31.7 Å². The van der Waals surface area contributed by atoms with E-state index in [2.05, 4.69) is 62.5 Å². The topological polar surface area (TPSA) is 61.4 Å². The Bertz CT molecular complexity index is 976. The molecule has 1 aliphatic heterocycles. The number of likely N-dealkylation sites (N-methyl/N-ethyl adjacent to an activating group) is 1. The van der Waals surface area contributed by atoms with Crippen molar-refractivity contribution in [3.63, 3.8) is 0 Å². The van der Waals surface area contributed by atoms with Gasteiger partial charge in [0, 0.05) is 45.0 Å². The van der Waals surface area contributed by atoms with Crippen LogP contribution >= 0.6 is 11.3 Å².